The Hall–Kier alpha value is -1.58. The molecule has 3 rings (SSSR count). The second kappa shape index (κ2) is 13.0. The zero-order valence-electron chi connectivity index (χ0n) is 18.3. The third kappa shape index (κ3) is 6.99. The van der Waals surface area contributed by atoms with Crippen molar-refractivity contribution < 1.29 is 9.53 Å². The van der Waals surface area contributed by atoms with E-state index in [9.17, 15) is 4.79 Å². The van der Waals surface area contributed by atoms with Gasteiger partial charge < -0.3 is 19.9 Å². The summed E-state index contributed by atoms with van der Waals surface area (Å²) in [6.45, 7) is 6.73. The molecule has 30 heavy (non-hydrogen) atoms. The number of hydrogen-bond donors (Lipinski definition) is 1. The van der Waals surface area contributed by atoms with Gasteiger partial charge in [0.2, 0.25) is 0 Å². The van der Waals surface area contributed by atoms with Crippen molar-refractivity contribution in [1.29, 1.82) is 0 Å². The first-order valence-electron chi connectivity index (χ1n) is 11.0. The van der Waals surface area contributed by atoms with Gasteiger partial charge in [0.15, 0.2) is 5.96 Å². The van der Waals surface area contributed by atoms with Gasteiger partial charge in [0.05, 0.1) is 12.5 Å². The molecule has 2 fully saturated rings. The van der Waals surface area contributed by atoms with E-state index in [-0.39, 0.29) is 35.9 Å². The predicted molar refractivity (Wildman–Crippen MR) is 131 cm³/mol. The number of guanidine groups is 1. The molecule has 0 bridgehead atoms. The number of aromatic nitrogens is 1. The largest absolute Gasteiger partial charge is 0.466 e. The highest BCUT2D eigenvalue weighted by Crippen LogP contribution is 2.20. The minimum Gasteiger partial charge on any atom is -0.466 e. The first-order chi connectivity index (χ1) is 14.2. The first kappa shape index (κ1) is 24.7. The molecule has 0 aromatic carbocycles. The summed E-state index contributed by atoms with van der Waals surface area (Å²) >= 11 is 0. The van der Waals surface area contributed by atoms with Gasteiger partial charge in [-0.1, -0.05) is 12.8 Å². The van der Waals surface area contributed by atoms with Crippen LogP contribution < -0.4 is 10.2 Å². The lowest BCUT2D eigenvalue weighted by atomic mass is 9.98. The van der Waals surface area contributed by atoms with Crippen LogP contribution in [-0.4, -0.2) is 61.6 Å². The molecule has 2 saturated heterocycles. The Morgan fingerprint density at radius 1 is 1.23 bits per heavy atom. The minimum atomic E-state index is -0.0936. The van der Waals surface area contributed by atoms with Crippen molar-refractivity contribution in [2.75, 3.05) is 44.7 Å². The van der Waals surface area contributed by atoms with Crippen molar-refractivity contribution in [3.63, 3.8) is 0 Å². The number of nitrogens with one attached hydrogen (secondary N) is 1. The lowest BCUT2D eigenvalue weighted by Crippen LogP contribution is -2.48. The summed E-state index contributed by atoms with van der Waals surface area (Å²) in [7, 11) is 1.80. The number of anilines is 1. The van der Waals surface area contributed by atoms with Crippen LogP contribution in [0.25, 0.3) is 0 Å². The van der Waals surface area contributed by atoms with Crippen molar-refractivity contribution in [3.05, 3.63) is 23.9 Å². The van der Waals surface area contributed by atoms with Gasteiger partial charge in [0.1, 0.15) is 5.82 Å². The van der Waals surface area contributed by atoms with E-state index in [1.54, 1.807) is 7.05 Å². The Balaban J connectivity index is 0.00000320. The third-order valence-electron chi connectivity index (χ3n) is 5.74. The number of nitrogens with zero attached hydrogens (tertiary/aromatic N) is 4. The number of hydrogen-bond acceptors (Lipinski definition) is 5. The maximum atomic E-state index is 12.1. The molecule has 7 nitrogen and oxygen atoms in total. The van der Waals surface area contributed by atoms with Crippen LogP contribution in [0.5, 0.6) is 0 Å². The smallest absolute Gasteiger partial charge is 0.310 e. The van der Waals surface area contributed by atoms with E-state index < -0.39 is 0 Å². The fourth-order valence-corrected chi connectivity index (χ4v) is 4.18. The maximum Gasteiger partial charge on any atom is 0.310 e. The van der Waals surface area contributed by atoms with Crippen LogP contribution in [-0.2, 0) is 16.1 Å². The van der Waals surface area contributed by atoms with Gasteiger partial charge in [0, 0.05) is 46.0 Å². The van der Waals surface area contributed by atoms with Gasteiger partial charge in [-0.05, 0) is 50.3 Å². The molecule has 0 spiro atoms. The van der Waals surface area contributed by atoms with Gasteiger partial charge >= 0.3 is 5.97 Å². The summed E-state index contributed by atoms with van der Waals surface area (Å²) in [4.78, 5) is 25.7. The summed E-state index contributed by atoms with van der Waals surface area (Å²) in [6.07, 6.45) is 8.88. The molecule has 3 heterocycles. The molecule has 1 atom stereocenters. The van der Waals surface area contributed by atoms with E-state index in [4.69, 9.17) is 4.74 Å². The van der Waals surface area contributed by atoms with Crippen LogP contribution in [0.1, 0.15) is 51.0 Å². The summed E-state index contributed by atoms with van der Waals surface area (Å²) < 4.78 is 5.21. The Morgan fingerprint density at radius 2 is 2.00 bits per heavy atom. The Kier molecular flexibility index (Phi) is 10.7. The topological polar surface area (TPSA) is 70.1 Å². The van der Waals surface area contributed by atoms with Crippen LogP contribution in [0.4, 0.5) is 5.82 Å². The highest BCUT2D eigenvalue weighted by atomic mass is 127. The van der Waals surface area contributed by atoms with Gasteiger partial charge in [-0.15, -0.1) is 24.0 Å². The molecular formula is C22H36IN5O2. The van der Waals surface area contributed by atoms with Gasteiger partial charge in [-0.2, -0.15) is 0 Å². The molecule has 1 unspecified atom stereocenters. The molecule has 1 aromatic heterocycles. The summed E-state index contributed by atoms with van der Waals surface area (Å²) in [5, 5.41) is 3.47. The van der Waals surface area contributed by atoms with Crippen LogP contribution in [0.15, 0.2) is 23.3 Å². The number of carbonyl (C=O) groups is 1. The van der Waals surface area contributed by atoms with Crippen LogP contribution >= 0.6 is 24.0 Å². The highest BCUT2D eigenvalue weighted by Gasteiger charge is 2.28. The quantitative estimate of drug-likeness (QED) is 0.273. The summed E-state index contributed by atoms with van der Waals surface area (Å²) in [5.41, 5.74) is 1.19. The zero-order chi connectivity index (χ0) is 20.5. The van der Waals surface area contributed by atoms with E-state index in [1.165, 1.54) is 31.2 Å². The number of pyridine rings is 1. The van der Waals surface area contributed by atoms with Crippen molar-refractivity contribution >= 4 is 41.7 Å². The number of halogens is 1. The van der Waals surface area contributed by atoms with Crippen molar-refractivity contribution in [2.24, 2.45) is 10.9 Å². The number of piperidine rings is 1. The van der Waals surface area contributed by atoms with Gasteiger partial charge in [0.25, 0.3) is 0 Å². The average Bonchev–Trinajstić information content (AvgIpc) is 3.04. The van der Waals surface area contributed by atoms with Crippen molar-refractivity contribution in [3.8, 4) is 0 Å². The fourth-order valence-electron chi connectivity index (χ4n) is 4.18. The summed E-state index contributed by atoms with van der Waals surface area (Å²) in [5.74, 6) is 1.75. The highest BCUT2D eigenvalue weighted by molar-refractivity contribution is 14.0. The summed E-state index contributed by atoms with van der Waals surface area (Å²) in [6, 6.07) is 4.24. The lowest BCUT2D eigenvalue weighted by Gasteiger charge is -2.34. The fraction of sp³-hybridized carbons (Fsp3) is 0.682. The van der Waals surface area contributed by atoms with Gasteiger partial charge in [-0.25, -0.2) is 4.98 Å². The zero-order valence-corrected chi connectivity index (χ0v) is 20.6. The number of esters is 1. The van der Waals surface area contributed by atoms with Crippen molar-refractivity contribution in [1.82, 2.24) is 15.2 Å². The molecule has 168 valence electrons. The normalized spacial score (nSPS) is 20.2. The number of ether oxygens (including phenoxy) is 1. The maximum absolute atomic E-state index is 12.1. The van der Waals surface area contributed by atoms with E-state index in [0.29, 0.717) is 19.7 Å². The molecule has 0 radical (unpaired) electrons. The molecule has 8 heteroatoms. The number of likely N-dealkylation sites (tertiary alicyclic amines) is 1. The molecule has 0 aliphatic carbocycles. The van der Waals surface area contributed by atoms with E-state index in [0.717, 1.165) is 44.3 Å². The number of rotatable bonds is 5. The SMILES string of the molecule is CCOC(=O)C1CCCN(C(=NC)NCc2ccnc(N3CCCCCC3)c2)C1.I. The second-order valence-corrected chi connectivity index (χ2v) is 7.86. The standard InChI is InChI=1S/C22H35N5O2.HI/c1-3-29-21(28)19-9-8-14-27(17-19)22(23-2)25-16-18-10-11-24-20(15-18)26-12-6-4-5-7-13-26;/h10-11,15,19H,3-9,12-14,16-17H2,1-2H3,(H,23,25);1H. The van der Waals surface area contributed by atoms with Crippen LogP contribution in [0.2, 0.25) is 0 Å². The molecular weight excluding hydrogens is 493 g/mol. The molecule has 2 aliphatic rings. The van der Waals surface area contributed by atoms with E-state index in [1.807, 2.05) is 13.1 Å². The lowest BCUT2D eigenvalue weighted by molar-refractivity contribution is -0.149. The Morgan fingerprint density at radius 3 is 2.70 bits per heavy atom. The van der Waals surface area contributed by atoms with Crippen LogP contribution in [0, 0.1) is 5.92 Å². The minimum absolute atomic E-state index is 0. The second-order valence-electron chi connectivity index (χ2n) is 7.86. The third-order valence-corrected chi connectivity index (χ3v) is 5.74. The van der Waals surface area contributed by atoms with E-state index in [2.05, 4.69) is 37.2 Å². The number of carbonyl (C=O) groups excluding carboxylic acids is 1. The van der Waals surface area contributed by atoms with Crippen molar-refractivity contribution in [2.45, 2.75) is 52.0 Å². The molecule has 1 aromatic rings. The molecule has 0 amide bonds. The van der Waals surface area contributed by atoms with E-state index >= 15 is 0 Å². The average molecular weight is 529 g/mol. The predicted octanol–water partition coefficient (Wildman–Crippen LogP) is 3.43. The Bertz CT molecular complexity index is 692. The van der Waals surface area contributed by atoms with Gasteiger partial charge in [-0.3, -0.25) is 9.79 Å². The molecule has 1 N–H and O–H groups in total. The molecule has 0 saturated carbocycles. The molecule has 2 aliphatic heterocycles. The number of aliphatic imine (C=N–C) groups is 1. The van der Waals surface area contributed by atoms with Crippen LogP contribution in [0.3, 0.4) is 0 Å². The Labute approximate surface area is 197 Å². The monoisotopic (exact) mass is 529 g/mol. The first-order valence-corrected chi connectivity index (χ1v) is 11.0.